The molecule has 1 aromatic heterocycles. The zero-order valence-electron chi connectivity index (χ0n) is 19.9. The Kier molecular flexibility index (Phi) is 7.27. The van der Waals surface area contributed by atoms with Gasteiger partial charge >= 0.3 is 0 Å². The third-order valence-corrected chi connectivity index (χ3v) is 6.58. The minimum Gasteiger partial charge on any atom is -0.495 e. The number of nitrogens with zero attached hydrogens (tertiary/aromatic N) is 3. The van der Waals surface area contributed by atoms with Gasteiger partial charge in [-0.3, -0.25) is 9.59 Å². The molecule has 0 spiro atoms. The molecule has 0 N–H and O–H groups in total. The van der Waals surface area contributed by atoms with Crippen molar-refractivity contribution in [3.63, 3.8) is 0 Å². The Labute approximate surface area is 205 Å². The van der Waals surface area contributed by atoms with Crippen LogP contribution < -0.4 is 4.74 Å². The fraction of sp³-hybridized carbons (Fsp3) is 0.333. The molecule has 1 aliphatic rings. The average molecular weight is 480 g/mol. The lowest BCUT2D eigenvalue weighted by Crippen LogP contribution is -2.50. The maximum absolute atomic E-state index is 13.6. The lowest BCUT2D eigenvalue weighted by molar-refractivity contribution is -0.132. The molecule has 0 atom stereocenters. The highest BCUT2D eigenvalue weighted by atomic mass is 35.5. The van der Waals surface area contributed by atoms with Gasteiger partial charge in [-0.2, -0.15) is 0 Å². The first-order valence-corrected chi connectivity index (χ1v) is 12.0. The van der Waals surface area contributed by atoms with Gasteiger partial charge < -0.3 is 19.1 Å². The summed E-state index contributed by atoms with van der Waals surface area (Å²) in [5, 5.41) is 0.655. The van der Waals surface area contributed by atoms with Crippen LogP contribution in [0.3, 0.4) is 0 Å². The van der Waals surface area contributed by atoms with Crippen molar-refractivity contribution in [1.82, 2.24) is 14.4 Å². The predicted molar refractivity (Wildman–Crippen MR) is 135 cm³/mol. The lowest BCUT2D eigenvalue weighted by atomic mass is 10.1. The normalized spacial score (nSPS) is 13.8. The van der Waals surface area contributed by atoms with Gasteiger partial charge in [0.1, 0.15) is 5.75 Å². The molecule has 0 unspecified atom stereocenters. The van der Waals surface area contributed by atoms with Crippen molar-refractivity contribution in [2.24, 2.45) is 0 Å². The molecule has 1 aliphatic heterocycles. The molecule has 0 radical (unpaired) electrons. The van der Waals surface area contributed by atoms with Gasteiger partial charge in [-0.1, -0.05) is 42.8 Å². The van der Waals surface area contributed by atoms with Gasteiger partial charge in [0.05, 0.1) is 24.1 Å². The van der Waals surface area contributed by atoms with E-state index in [1.54, 1.807) is 7.11 Å². The molecule has 3 aromatic rings. The Balaban J connectivity index is 1.71. The summed E-state index contributed by atoms with van der Waals surface area (Å²) in [6.45, 7) is 6.17. The molecule has 0 aliphatic carbocycles. The molecule has 34 heavy (non-hydrogen) atoms. The molecule has 2 amide bonds. The van der Waals surface area contributed by atoms with Gasteiger partial charge in [-0.05, 0) is 49.2 Å². The van der Waals surface area contributed by atoms with Crippen LogP contribution in [0.5, 0.6) is 5.75 Å². The molecule has 2 aromatic carbocycles. The van der Waals surface area contributed by atoms with Crippen LogP contribution in [0, 0.1) is 6.92 Å². The Hall–Kier alpha value is -3.25. The van der Waals surface area contributed by atoms with E-state index in [-0.39, 0.29) is 11.8 Å². The smallest absolute Gasteiger partial charge is 0.255 e. The number of piperazine rings is 1. The van der Waals surface area contributed by atoms with Gasteiger partial charge in [0, 0.05) is 43.3 Å². The summed E-state index contributed by atoms with van der Waals surface area (Å²) in [5.74, 6) is 0.862. The van der Waals surface area contributed by atoms with Gasteiger partial charge in [0.15, 0.2) is 0 Å². The van der Waals surface area contributed by atoms with Crippen molar-refractivity contribution in [1.29, 1.82) is 0 Å². The zero-order valence-corrected chi connectivity index (χ0v) is 20.6. The van der Waals surface area contributed by atoms with Crippen LogP contribution in [0.15, 0.2) is 54.6 Å². The molecule has 4 rings (SSSR count). The SMILES string of the molecule is CCCC(=O)N1CCN(C(=O)c2cc(-c3ccc(Cl)cc3)n(-c3ccccc3OC)c2C)CC1. The second-order valence-electron chi connectivity index (χ2n) is 8.47. The van der Waals surface area contributed by atoms with E-state index >= 15 is 0 Å². The molecule has 178 valence electrons. The first-order valence-electron chi connectivity index (χ1n) is 11.6. The number of methoxy groups -OCH3 is 1. The minimum absolute atomic E-state index is 0.0241. The van der Waals surface area contributed by atoms with E-state index < -0.39 is 0 Å². The standard InChI is InChI=1S/C27H30ClN3O3/c1-4-7-26(32)29-14-16-30(17-15-29)27(33)22-18-24(20-10-12-21(28)13-11-20)31(19(22)2)23-8-5-6-9-25(23)34-3/h5-6,8-13,18H,4,7,14-17H2,1-3H3. The molecule has 2 heterocycles. The van der Waals surface area contributed by atoms with Gasteiger partial charge in [-0.25, -0.2) is 0 Å². The first-order chi connectivity index (χ1) is 16.4. The topological polar surface area (TPSA) is 54.8 Å². The summed E-state index contributed by atoms with van der Waals surface area (Å²) in [5.41, 5.74) is 4.18. The number of para-hydroxylation sites is 2. The molecule has 6 nitrogen and oxygen atoms in total. The fourth-order valence-corrected chi connectivity index (χ4v) is 4.61. The van der Waals surface area contributed by atoms with Crippen LogP contribution in [-0.4, -0.2) is 59.5 Å². The third kappa shape index (κ3) is 4.68. The highest BCUT2D eigenvalue weighted by Gasteiger charge is 2.28. The van der Waals surface area contributed by atoms with Crippen molar-refractivity contribution in [3.05, 3.63) is 70.9 Å². The van der Waals surface area contributed by atoms with Crippen molar-refractivity contribution in [2.75, 3.05) is 33.3 Å². The number of ether oxygens (including phenoxy) is 1. The number of amides is 2. The molecular weight excluding hydrogens is 450 g/mol. The van der Waals surface area contributed by atoms with Crippen LogP contribution in [0.25, 0.3) is 16.9 Å². The van der Waals surface area contributed by atoms with Crippen molar-refractivity contribution in [3.8, 4) is 22.7 Å². The Morgan fingerprint density at radius 1 is 0.971 bits per heavy atom. The van der Waals surface area contributed by atoms with E-state index in [9.17, 15) is 9.59 Å². The summed E-state index contributed by atoms with van der Waals surface area (Å²) >= 11 is 6.13. The number of benzene rings is 2. The predicted octanol–water partition coefficient (Wildman–Crippen LogP) is 5.20. The van der Waals surface area contributed by atoms with Crippen molar-refractivity contribution in [2.45, 2.75) is 26.7 Å². The van der Waals surface area contributed by atoms with Crippen LogP contribution in [0.2, 0.25) is 5.02 Å². The van der Waals surface area contributed by atoms with Crippen molar-refractivity contribution >= 4 is 23.4 Å². The second kappa shape index (κ2) is 10.3. The summed E-state index contributed by atoms with van der Waals surface area (Å²) in [4.78, 5) is 29.6. The van der Waals surface area contributed by atoms with E-state index in [0.29, 0.717) is 43.2 Å². The molecule has 1 saturated heterocycles. The average Bonchev–Trinajstić information content (AvgIpc) is 3.21. The molecule has 1 fully saturated rings. The zero-order chi connectivity index (χ0) is 24.2. The monoisotopic (exact) mass is 479 g/mol. The minimum atomic E-state index is -0.0241. The van der Waals surface area contributed by atoms with Crippen LogP contribution >= 0.6 is 11.6 Å². The maximum Gasteiger partial charge on any atom is 0.255 e. The van der Waals surface area contributed by atoms with Gasteiger partial charge in [0.2, 0.25) is 5.91 Å². The molecule has 0 bridgehead atoms. The maximum atomic E-state index is 13.6. The van der Waals surface area contributed by atoms with Crippen LogP contribution in [0.4, 0.5) is 0 Å². The van der Waals surface area contributed by atoms with E-state index in [4.69, 9.17) is 16.3 Å². The molecule has 0 saturated carbocycles. The lowest BCUT2D eigenvalue weighted by Gasteiger charge is -2.34. The number of halogens is 1. The number of aromatic nitrogens is 1. The molecular formula is C27H30ClN3O3. The fourth-order valence-electron chi connectivity index (χ4n) is 4.48. The third-order valence-electron chi connectivity index (χ3n) is 6.33. The number of hydrogen-bond acceptors (Lipinski definition) is 3. The van der Waals surface area contributed by atoms with Gasteiger partial charge in [-0.15, -0.1) is 0 Å². The first kappa shape index (κ1) is 23.9. The number of carbonyl (C=O) groups excluding carboxylic acids is 2. The number of hydrogen-bond donors (Lipinski definition) is 0. The highest BCUT2D eigenvalue weighted by molar-refractivity contribution is 6.30. The van der Waals surface area contributed by atoms with Crippen LogP contribution in [-0.2, 0) is 4.79 Å². The number of carbonyl (C=O) groups is 2. The van der Waals surface area contributed by atoms with Crippen LogP contribution in [0.1, 0.15) is 35.8 Å². The number of rotatable bonds is 6. The summed E-state index contributed by atoms with van der Waals surface area (Å²) in [6, 6.07) is 17.3. The Morgan fingerprint density at radius 2 is 1.62 bits per heavy atom. The Morgan fingerprint density at radius 3 is 2.26 bits per heavy atom. The Bertz CT molecular complexity index is 1180. The van der Waals surface area contributed by atoms with E-state index in [0.717, 1.165) is 34.8 Å². The summed E-state index contributed by atoms with van der Waals surface area (Å²) in [7, 11) is 1.64. The van der Waals surface area contributed by atoms with Gasteiger partial charge in [0.25, 0.3) is 5.91 Å². The highest BCUT2D eigenvalue weighted by Crippen LogP contribution is 2.34. The van der Waals surface area contributed by atoms with E-state index in [2.05, 4.69) is 4.57 Å². The van der Waals surface area contributed by atoms with E-state index in [1.807, 2.05) is 78.2 Å². The largest absolute Gasteiger partial charge is 0.495 e. The van der Waals surface area contributed by atoms with E-state index in [1.165, 1.54) is 0 Å². The second-order valence-corrected chi connectivity index (χ2v) is 8.90. The summed E-state index contributed by atoms with van der Waals surface area (Å²) in [6.07, 6.45) is 1.39. The molecule has 7 heteroatoms. The summed E-state index contributed by atoms with van der Waals surface area (Å²) < 4.78 is 7.70. The quantitative estimate of drug-likeness (QED) is 0.488. The van der Waals surface area contributed by atoms with Crippen molar-refractivity contribution < 1.29 is 14.3 Å².